The van der Waals surface area contributed by atoms with Crippen LogP contribution in [0.1, 0.15) is 0 Å². The number of cyclic esters (lactones) is 4. The molecule has 0 bridgehead atoms. The van der Waals surface area contributed by atoms with Crippen LogP contribution in [0, 0.1) is 23.7 Å². The second-order valence-electron chi connectivity index (χ2n) is 3.43. The van der Waals surface area contributed by atoms with Crippen LogP contribution in [0.4, 0.5) is 9.59 Å². The Bertz CT molecular complexity index is 300. The molecule has 0 atom stereocenters. The summed E-state index contributed by atoms with van der Waals surface area (Å²) in [6.07, 6.45) is -1.32. The van der Waals surface area contributed by atoms with E-state index in [0.717, 1.165) is 0 Å². The van der Waals surface area contributed by atoms with Crippen molar-refractivity contribution in [3.63, 3.8) is 0 Å². The van der Waals surface area contributed by atoms with E-state index in [1.54, 1.807) is 0 Å². The van der Waals surface area contributed by atoms with E-state index < -0.39 is 12.3 Å². The number of rotatable bonds is 0. The SMILES string of the molecule is O=C1OCC(C#CC2COC(=O)OC2)CO1. The molecule has 0 unspecified atom stereocenters. The number of hydrogen-bond donors (Lipinski definition) is 0. The standard InChI is InChI=1S/C10H10O6/c11-9-13-3-7(4-14-9)1-2-8-5-15-10(12)16-6-8/h7-8H,3-6H2. The van der Waals surface area contributed by atoms with Crippen LogP contribution < -0.4 is 0 Å². The fourth-order valence-electron chi connectivity index (χ4n) is 1.26. The van der Waals surface area contributed by atoms with Crippen LogP contribution in [0.3, 0.4) is 0 Å². The third-order valence-corrected chi connectivity index (χ3v) is 2.10. The molecule has 2 rings (SSSR count). The van der Waals surface area contributed by atoms with E-state index in [0.29, 0.717) is 0 Å². The maximum atomic E-state index is 10.6. The van der Waals surface area contributed by atoms with E-state index >= 15 is 0 Å². The van der Waals surface area contributed by atoms with Crippen molar-refractivity contribution >= 4 is 12.3 Å². The molecule has 2 aliphatic rings. The molecule has 0 N–H and O–H groups in total. The highest BCUT2D eigenvalue weighted by Crippen LogP contribution is 2.09. The van der Waals surface area contributed by atoms with Crippen LogP contribution in [0.25, 0.3) is 0 Å². The monoisotopic (exact) mass is 226 g/mol. The third-order valence-electron chi connectivity index (χ3n) is 2.10. The molecule has 86 valence electrons. The number of carbonyl (C=O) groups is 2. The van der Waals surface area contributed by atoms with E-state index in [4.69, 9.17) is 0 Å². The lowest BCUT2D eigenvalue weighted by Crippen LogP contribution is -2.28. The van der Waals surface area contributed by atoms with Gasteiger partial charge in [0.05, 0.1) is 11.8 Å². The van der Waals surface area contributed by atoms with Gasteiger partial charge in [-0.25, -0.2) is 9.59 Å². The minimum absolute atomic E-state index is 0.129. The fourth-order valence-corrected chi connectivity index (χ4v) is 1.26. The first-order valence-corrected chi connectivity index (χ1v) is 4.84. The largest absolute Gasteiger partial charge is 0.508 e. The Kier molecular flexibility index (Phi) is 3.15. The third kappa shape index (κ3) is 2.79. The zero-order valence-electron chi connectivity index (χ0n) is 8.43. The van der Waals surface area contributed by atoms with Gasteiger partial charge in [-0.05, 0) is 0 Å². The Labute approximate surface area is 91.8 Å². The van der Waals surface area contributed by atoms with Crippen LogP contribution in [-0.4, -0.2) is 38.7 Å². The number of carbonyl (C=O) groups excluding carboxylic acids is 2. The Balaban J connectivity index is 1.80. The molecule has 2 fully saturated rings. The Hall–Kier alpha value is -1.90. The lowest BCUT2D eigenvalue weighted by Gasteiger charge is -2.19. The first-order valence-electron chi connectivity index (χ1n) is 4.84. The van der Waals surface area contributed by atoms with Crippen molar-refractivity contribution < 1.29 is 28.5 Å². The first kappa shape index (κ1) is 10.6. The fraction of sp³-hybridized carbons (Fsp3) is 0.600. The Morgan fingerprint density at radius 2 is 1.06 bits per heavy atom. The quantitative estimate of drug-likeness (QED) is 0.444. The highest BCUT2D eigenvalue weighted by molar-refractivity contribution is 5.61. The smallest absolute Gasteiger partial charge is 0.433 e. The average molecular weight is 226 g/mol. The van der Waals surface area contributed by atoms with Gasteiger partial charge in [-0.1, -0.05) is 11.8 Å². The predicted molar refractivity (Wildman–Crippen MR) is 49.4 cm³/mol. The second kappa shape index (κ2) is 4.75. The van der Waals surface area contributed by atoms with Gasteiger partial charge in [-0.3, -0.25) is 0 Å². The minimum atomic E-state index is -0.659. The molecule has 16 heavy (non-hydrogen) atoms. The molecule has 0 aliphatic carbocycles. The molecular formula is C10H10O6. The van der Waals surface area contributed by atoms with E-state index in [2.05, 4.69) is 30.8 Å². The van der Waals surface area contributed by atoms with E-state index in [-0.39, 0.29) is 38.3 Å². The molecule has 0 aromatic rings. The molecule has 0 amide bonds. The van der Waals surface area contributed by atoms with Gasteiger partial charge in [-0.2, -0.15) is 0 Å². The number of ether oxygens (including phenoxy) is 4. The van der Waals surface area contributed by atoms with Crippen molar-refractivity contribution in [3.8, 4) is 11.8 Å². The summed E-state index contributed by atoms with van der Waals surface area (Å²) < 4.78 is 18.7. The zero-order valence-corrected chi connectivity index (χ0v) is 8.43. The van der Waals surface area contributed by atoms with Gasteiger partial charge in [0.1, 0.15) is 26.4 Å². The molecule has 2 heterocycles. The maximum absolute atomic E-state index is 10.6. The van der Waals surface area contributed by atoms with Gasteiger partial charge in [-0.15, -0.1) is 0 Å². The van der Waals surface area contributed by atoms with E-state index in [9.17, 15) is 9.59 Å². The van der Waals surface area contributed by atoms with Crippen molar-refractivity contribution in [2.45, 2.75) is 0 Å². The van der Waals surface area contributed by atoms with Crippen LogP contribution in [0.2, 0.25) is 0 Å². The summed E-state index contributed by atoms with van der Waals surface area (Å²) in [6.45, 7) is 0.941. The molecule has 0 aromatic carbocycles. The average Bonchev–Trinajstić information content (AvgIpc) is 2.30. The molecule has 0 radical (unpaired) electrons. The number of hydrogen-bond acceptors (Lipinski definition) is 6. The summed E-state index contributed by atoms with van der Waals surface area (Å²) >= 11 is 0. The van der Waals surface area contributed by atoms with Gasteiger partial charge in [0.25, 0.3) is 0 Å². The lowest BCUT2D eigenvalue weighted by molar-refractivity contribution is -0.00108. The molecule has 2 saturated heterocycles. The molecular weight excluding hydrogens is 216 g/mol. The normalized spacial score (nSPS) is 22.0. The van der Waals surface area contributed by atoms with E-state index in [1.165, 1.54) is 0 Å². The van der Waals surface area contributed by atoms with Crippen molar-refractivity contribution in [1.82, 2.24) is 0 Å². The van der Waals surface area contributed by atoms with Crippen molar-refractivity contribution in [2.24, 2.45) is 11.8 Å². The Morgan fingerprint density at radius 3 is 1.38 bits per heavy atom. The summed E-state index contributed by atoms with van der Waals surface area (Å²) in [7, 11) is 0. The van der Waals surface area contributed by atoms with Crippen LogP contribution >= 0.6 is 0 Å². The van der Waals surface area contributed by atoms with Crippen LogP contribution in [0.15, 0.2) is 0 Å². The van der Waals surface area contributed by atoms with Gasteiger partial charge in [0.2, 0.25) is 0 Å². The summed E-state index contributed by atoms with van der Waals surface area (Å²) in [6, 6.07) is 0. The minimum Gasteiger partial charge on any atom is -0.433 e. The predicted octanol–water partition coefficient (Wildman–Crippen LogP) is 0.556. The molecule has 0 saturated carbocycles. The zero-order chi connectivity index (χ0) is 11.4. The van der Waals surface area contributed by atoms with E-state index in [1.807, 2.05) is 0 Å². The maximum Gasteiger partial charge on any atom is 0.508 e. The second-order valence-corrected chi connectivity index (χ2v) is 3.43. The molecule has 0 aromatic heterocycles. The molecule has 2 aliphatic heterocycles. The highest BCUT2D eigenvalue weighted by Gasteiger charge is 2.21. The van der Waals surface area contributed by atoms with Crippen molar-refractivity contribution in [3.05, 3.63) is 0 Å². The summed E-state index contributed by atoms with van der Waals surface area (Å²) in [5.74, 6) is 5.55. The van der Waals surface area contributed by atoms with Gasteiger partial charge in [0, 0.05) is 0 Å². The summed E-state index contributed by atoms with van der Waals surface area (Å²) in [5, 5.41) is 0. The first-order chi connectivity index (χ1) is 7.74. The molecule has 6 nitrogen and oxygen atoms in total. The van der Waals surface area contributed by atoms with Crippen molar-refractivity contribution in [1.29, 1.82) is 0 Å². The molecule has 6 heteroatoms. The van der Waals surface area contributed by atoms with Crippen LogP contribution in [0.5, 0.6) is 0 Å². The van der Waals surface area contributed by atoms with Gasteiger partial charge < -0.3 is 18.9 Å². The topological polar surface area (TPSA) is 71.1 Å². The molecule has 0 spiro atoms. The van der Waals surface area contributed by atoms with Crippen molar-refractivity contribution in [2.75, 3.05) is 26.4 Å². The Morgan fingerprint density at radius 1 is 0.750 bits per heavy atom. The summed E-state index contributed by atoms with van der Waals surface area (Å²) in [4.78, 5) is 21.2. The highest BCUT2D eigenvalue weighted by atomic mass is 16.7. The summed E-state index contributed by atoms with van der Waals surface area (Å²) in [5.41, 5.74) is 0. The van der Waals surface area contributed by atoms with Gasteiger partial charge >= 0.3 is 12.3 Å². The van der Waals surface area contributed by atoms with Crippen LogP contribution in [-0.2, 0) is 18.9 Å². The van der Waals surface area contributed by atoms with Gasteiger partial charge in [0.15, 0.2) is 0 Å². The lowest BCUT2D eigenvalue weighted by atomic mass is 10.1.